The molecule has 0 aliphatic heterocycles. The lowest BCUT2D eigenvalue weighted by Gasteiger charge is -2.14. The Morgan fingerprint density at radius 2 is 2.00 bits per heavy atom. The Balaban J connectivity index is 1.99. The predicted octanol–water partition coefficient (Wildman–Crippen LogP) is 1.10. The number of carbonyl (C=O) groups is 2. The number of aliphatic carboxylic acids is 1. The maximum absolute atomic E-state index is 11.9. The number of amides is 1. The first-order valence-corrected chi connectivity index (χ1v) is 9.57. The average Bonchev–Trinajstić information content (AvgIpc) is 2.88. The molecule has 2 rings (SSSR count). The summed E-state index contributed by atoms with van der Waals surface area (Å²) in [5.74, 6) is -1.69. The number of hydrogen-bond acceptors (Lipinski definition) is 4. The standard InChI is InChI=1S/C16H20N2O5S/c1-24(22,23)8-4-7-15(19)18-14(16(20)21)9-11-10-17-13-6-3-2-5-12(11)13/h2-3,5-6,10,14,17H,4,7-9H2,1H3,(H,18,19)(H,20,21). The van der Waals surface area contributed by atoms with Gasteiger partial charge in [-0.2, -0.15) is 0 Å². The van der Waals surface area contributed by atoms with Gasteiger partial charge in [0.25, 0.3) is 0 Å². The highest BCUT2D eigenvalue weighted by Gasteiger charge is 2.21. The minimum Gasteiger partial charge on any atom is -0.480 e. The van der Waals surface area contributed by atoms with Crippen LogP contribution in [0.1, 0.15) is 18.4 Å². The van der Waals surface area contributed by atoms with Gasteiger partial charge in [-0.05, 0) is 18.1 Å². The van der Waals surface area contributed by atoms with Crippen LogP contribution in [0.3, 0.4) is 0 Å². The molecule has 0 saturated heterocycles. The van der Waals surface area contributed by atoms with Crippen LogP contribution >= 0.6 is 0 Å². The Morgan fingerprint density at radius 3 is 2.67 bits per heavy atom. The van der Waals surface area contributed by atoms with E-state index in [4.69, 9.17) is 0 Å². The summed E-state index contributed by atoms with van der Waals surface area (Å²) in [5, 5.41) is 12.7. The van der Waals surface area contributed by atoms with Crippen LogP contribution in [0.15, 0.2) is 30.5 Å². The number of carbonyl (C=O) groups excluding carboxylic acids is 1. The molecule has 1 unspecified atom stereocenters. The molecule has 0 fully saturated rings. The smallest absolute Gasteiger partial charge is 0.326 e. The van der Waals surface area contributed by atoms with Crippen LogP contribution in [-0.4, -0.2) is 48.4 Å². The number of carboxylic acids is 1. The molecule has 8 heteroatoms. The van der Waals surface area contributed by atoms with E-state index in [-0.39, 0.29) is 25.0 Å². The summed E-state index contributed by atoms with van der Waals surface area (Å²) < 4.78 is 22.1. The highest BCUT2D eigenvalue weighted by molar-refractivity contribution is 7.90. The predicted molar refractivity (Wildman–Crippen MR) is 90.5 cm³/mol. The third-order valence-electron chi connectivity index (χ3n) is 3.65. The van der Waals surface area contributed by atoms with Gasteiger partial charge in [0.05, 0.1) is 5.75 Å². The van der Waals surface area contributed by atoms with Gasteiger partial charge in [0.2, 0.25) is 5.91 Å². The van der Waals surface area contributed by atoms with Crippen molar-refractivity contribution in [1.29, 1.82) is 0 Å². The molecule has 1 aromatic carbocycles. The number of fused-ring (bicyclic) bond motifs is 1. The molecule has 0 radical (unpaired) electrons. The van der Waals surface area contributed by atoms with E-state index in [0.29, 0.717) is 0 Å². The molecule has 0 saturated carbocycles. The highest BCUT2D eigenvalue weighted by Crippen LogP contribution is 2.19. The van der Waals surface area contributed by atoms with Crippen LogP contribution in [0.25, 0.3) is 10.9 Å². The van der Waals surface area contributed by atoms with E-state index in [2.05, 4.69) is 10.3 Å². The molecule has 7 nitrogen and oxygen atoms in total. The largest absolute Gasteiger partial charge is 0.480 e. The molecule has 1 aromatic heterocycles. The fourth-order valence-electron chi connectivity index (χ4n) is 2.48. The van der Waals surface area contributed by atoms with Gasteiger partial charge in [0, 0.05) is 36.2 Å². The molecule has 24 heavy (non-hydrogen) atoms. The second kappa shape index (κ2) is 7.48. The minimum absolute atomic E-state index is 0.0231. The SMILES string of the molecule is CS(=O)(=O)CCCC(=O)NC(Cc1c[nH]c2ccccc12)C(=O)O. The third kappa shape index (κ3) is 5.09. The molecule has 0 bridgehead atoms. The van der Waals surface area contributed by atoms with Crippen molar-refractivity contribution in [1.82, 2.24) is 10.3 Å². The first kappa shape index (κ1) is 18.0. The minimum atomic E-state index is -3.13. The average molecular weight is 352 g/mol. The van der Waals surface area contributed by atoms with Crippen LogP contribution in [0.2, 0.25) is 0 Å². The Hall–Kier alpha value is -2.35. The van der Waals surface area contributed by atoms with Gasteiger partial charge in [-0.25, -0.2) is 13.2 Å². The molecule has 1 atom stereocenters. The first-order chi connectivity index (χ1) is 11.3. The van der Waals surface area contributed by atoms with Crippen molar-refractivity contribution in [2.45, 2.75) is 25.3 Å². The zero-order chi connectivity index (χ0) is 17.7. The fraction of sp³-hybridized carbons (Fsp3) is 0.375. The van der Waals surface area contributed by atoms with Crippen molar-refractivity contribution in [3.8, 4) is 0 Å². The maximum atomic E-state index is 11.9. The molecular formula is C16H20N2O5S. The van der Waals surface area contributed by atoms with Crippen LogP contribution in [0.4, 0.5) is 0 Å². The number of H-pyrrole nitrogens is 1. The molecule has 0 aliphatic carbocycles. The monoisotopic (exact) mass is 352 g/mol. The van der Waals surface area contributed by atoms with E-state index in [1.807, 2.05) is 24.3 Å². The van der Waals surface area contributed by atoms with Crippen molar-refractivity contribution in [3.63, 3.8) is 0 Å². The van der Waals surface area contributed by atoms with Crippen molar-refractivity contribution in [2.75, 3.05) is 12.0 Å². The maximum Gasteiger partial charge on any atom is 0.326 e. The molecule has 2 aromatic rings. The number of para-hydroxylation sites is 1. The van der Waals surface area contributed by atoms with E-state index < -0.39 is 27.8 Å². The second-order valence-corrected chi connectivity index (χ2v) is 8.02. The van der Waals surface area contributed by atoms with Crippen LogP contribution in [0.5, 0.6) is 0 Å². The van der Waals surface area contributed by atoms with Crippen molar-refractivity contribution in [3.05, 3.63) is 36.0 Å². The number of sulfone groups is 1. The zero-order valence-corrected chi connectivity index (χ0v) is 14.1. The van der Waals surface area contributed by atoms with Crippen molar-refractivity contribution < 1.29 is 23.1 Å². The lowest BCUT2D eigenvalue weighted by molar-refractivity contribution is -0.141. The molecule has 1 amide bonds. The number of aromatic amines is 1. The van der Waals surface area contributed by atoms with E-state index in [9.17, 15) is 23.1 Å². The van der Waals surface area contributed by atoms with Gasteiger partial charge >= 0.3 is 5.97 Å². The van der Waals surface area contributed by atoms with Gasteiger partial charge in [-0.3, -0.25) is 4.79 Å². The quantitative estimate of drug-likeness (QED) is 0.658. The van der Waals surface area contributed by atoms with Gasteiger partial charge in [0.1, 0.15) is 15.9 Å². The summed E-state index contributed by atoms with van der Waals surface area (Å²) in [6.45, 7) is 0. The summed E-state index contributed by atoms with van der Waals surface area (Å²) in [7, 11) is -3.13. The molecule has 0 aliphatic rings. The molecule has 0 spiro atoms. The Bertz CT molecular complexity index is 841. The topological polar surface area (TPSA) is 116 Å². The van der Waals surface area contributed by atoms with E-state index in [0.717, 1.165) is 22.7 Å². The highest BCUT2D eigenvalue weighted by atomic mass is 32.2. The Kier molecular flexibility index (Phi) is 5.61. The Labute approximate surface area is 140 Å². The number of nitrogens with one attached hydrogen (secondary N) is 2. The molecule has 3 N–H and O–H groups in total. The molecule has 130 valence electrons. The van der Waals surface area contributed by atoms with E-state index >= 15 is 0 Å². The molecule has 1 heterocycles. The summed E-state index contributed by atoms with van der Waals surface area (Å²) in [6, 6.07) is 6.45. The number of aromatic nitrogens is 1. The fourth-order valence-corrected chi connectivity index (χ4v) is 3.15. The van der Waals surface area contributed by atoms with Gasteiger partial charge < -0.3 is 15.4 Å². The zero-order valence-electron chi connectivity index (χ0n) is 13.3. The number of carboxylic acid groups (broad SMARTS) is 1. The lowest BCUT2D eigenvalue weighted by atomic mass is 10.0. The van der Waals surface area contributed by atoms with Gasteiger partial charge in [-0.15, -0.1) is 0 Å². The summed E-state index contributed by atoms with van der Waals surface area (Å²) in [4.78, 5) is 26.3. The number of hydrogen-bond donors (Lipinski definition) is 3. The van der Waals surface area contributed by atoms with E-state index in [1.165, 1.54) is 0 Å². The summed E-state index contributed by atoms with van der Waals surface area (Å²) >= 11 is 0. The van der Waals surface area contributed by atoms with Crippen LogP contribution in [-0.2, 0) is 25.8 Å². The number of rotatable bonds is 8. The van der Waals surface area contributed by atoms with Gasteiger partial charge in [0.15, 0.2) is 0 Å². The normalized spacial score (nSPS) is 12.9. The summed E-state index contributed by atoms with van der Waals surface area (Å²) in [5.41, 5.74) is 1.70. The van der Waals surface area contributed by atoms with Crippen molar-refractivity contribution in [2.24, 2.45) is 0 Å². The van der Waals surface area contributed by atoms with Crippen LogP contribution in [0, 0.1) is 0 Å². The number of benzene rings is 1. The van der Waals surface area contributed by atoms with Gasteiger partial charge in [-0.1, -0.05) is 18.2 Å². The second-order valence-electron chi connectivity index (χ2n) is 5.76. The van der Waals surface area contributed by atoms with Crippen LogP contribution < -0.4 is 5.32 Å². The third-order valence-corrected chi connectivity index (χ3v) is 4.68. The Morgan fingerprint density at radius 1 is 1.29 bits per heavy atom. The summed E-state index contributed by atoms with van der Waals surface area (Å²) in [6.07, 6.45) is 3.13. The van der Waals surface area contributed by atoms with Crippen molar-refractivity contribution >= 4 is 32.6 Å². The lowest BCUT2D eigenvalue weighted by Crippen LogP contribution is -2.42. The first-order valence-electron chi connectivity index (χ1n) is 7.51. The molecular weight excluding hydrogens is 332 g/mol. The van der Waals surface area contributed by atoms with E-state index in [1.54, 1.807) is 6.20 Å².